The average Bonchev–Trinajstić information content (AvgIpc) is 2.84. The molecule has 2 N–H and O–H groups in total. The van der Waals surface area contributed by atoms with Crippen molar-refractivity contribution in [3.8, 4) is 5.75 Å². The number of amides is 1. The van der Waals surface area contributed by atoms with Crippen LogP contribution < -0.4 is 19.9 Å². The number of anilines is 5. The molecule has 0 fully saturated rings. The lowest BCUT2D eigenvalue weighted by molar-refractivity contribution is 0.0696. The Hall–Kier alpha value is -4.14. The summed E-state index contributed by atoms with van der Waals surface area (Å²) in [5, 5.41) is 12.3. The normalized spacial score (nSPS) is 12.7. The molecule has 1 aliphatic heterocycles. The Morgan fingerprint density at radius 1 is 1.10 bits per heavy atom. The van der Waals surface area contributed by atoms with Gasteiger partial charge < -0.3 is 25.0 Å². The van der Waals surface area contributed by atoms with E-state index in [0.29, 0.717) is 28.5 Å². The van der Waals surface area contributed by atoms with E-state index >= 15 is 0 Å². The minimum absolute atomic E-state index is 0.101. The molecule has 0 aliphatic carbocycles. The molecule has 0 unspecified atom stereocenters. The van der Waals surface area contributed by atoms with Gasteiger partial charge in [-0.15, -0.1) is 0 Å². The lowest BCUT2D eigenvalue weighted by atomic mass is 10.1. The lowest BCUT2D eigenvalue weighted by Crippen LogP contribution is -2.25. The van der Waals surface area contributed by atoms with Crippen molar-refractivity contribution in [1.29, 1.82) is 0 Å². The Morgan fingerprint density at radius 2 is 1.87 bits per heavy atom. The van der Waals surface area contributed by atoms with Crippen molar-refractivity contribution >= 4 is 40.7 Å². The van der Waals surface area contributed by atoms with Gasteiger partial charge in [0.05, 0.1) is 35.8 Å². The van der Waals surface area contributed by atoms with E-state index in [-0.39, 0.29) is 17.4 Å². The maximum atomic E-state index is 12.9. The highest BCUT2D eigenvalue weighted by molar-refractivity contribution is 6.13. The van der Waals surface area contributed by atoms with Crippen molar-refractivity contribution in [3.63, 3.8) is 0 Å². The molecule has 1 amide bonds. The summed E-state index contributed by atoms with van der Waals surface area (Å²) in [5.41, 5.74) is 2.35. The predicted octanol–water partition coefficient (Wildman–Crippen LogP) is 3.28. The van der Waals surface area contributed by atoms with E-state index < -0.39 is 5.97 Å². The number of hydrogen-bond acceptors (Lipinski definition) is 7. The van der Waals surface area contributed by atoms with E-state index in [1.54, 1.807) is 25.4 Å². The second-order valence-corrected chi connectivity index (χ2v) is 6.69. The molecule has 0 spiro atoms. The maximum absolute atomic E-state index is 12.9. The number of aromatic nitrogens is 2. The molecule has 0 saturated carbocycles. The molecule has 9 heteroatoms. The van der Waals surface area contributed by atoms with Crippen molar-refractivity contribution in [2.24, 2.45) is 0 Å². The molecule has 0 saturated heterocycles. The van der Waals surface area contributed by atoms with Gasteiger partial charge in [-0.1, -0.05) is 12.1 Å². The number of methoxy groups -OCH3 is 1. The Morgan fingerprint density at radius 3 is 2.60 bits per heavy atom. The molecule has 2 aromatic carbocycles. The van der Waals surface area contributed by atoms with Crippen LogP contribution in [-0.2, 0) is 0 Å². The Labute approximate surface area is 172 Å². The number of carboxylic acids is 1. The molecule has 1 aromatic heterocycles. The summed E-state index contributed by atoms with van der Waals surface area (Å²) in [6.07, 6.45) is 1.55. The number of carbonyl (C=O) groups excluding carboxylic acids is 1. The number of hydrogen-bond donors (Lipinski definition) is 2. The number of rotatable bonds is 4. The van der Waals surface area contributed by atoms with Gasteiger partial charge in [0, 0.05) is 14.1 Å². The van der Waals surface area contributed by atoms with Crippen LogP contribution in [0.3, 0.4) is 0 Å². The molecule has 0 radical (unpaired) electrons. The maximum Gasteiger partial charge on any atom is 0.335 e. The number of carbonyl (C=O) groups is 2. The van der Waals surface area contributed by atoms with Gasteiger partial charge in [-0.2, -0.15) is 4.98 Å². The fourth-order valence-electron chi connectivity index (χ4n) is 3.32. The topological polar surface area (TPSA) is 108 Å². The van der Waals surface area contributed by atoms with Gasteiger partial charge in [0.15, 0.2) is 5.82 Å². The summed E-state index contributed by atoms with van der Waals surface area (Å²) in [7, 11) is 4.99. The van der Waals surface area contributed by atoms with E-state index in [4.69, 9.17) is 4.74 Å². The third kappa shape index (κ3) is 3.16. The fourth-order valence-corrected chi connectivity index (χ4v) is 3.32. The van der Waals surface area contributed by atoms with Crippen molar-refractivity contribution in [2.75, 3.05) is 36.3 Å². The standard InChI is InChI=1S/C21H19N5O4/c1-25-15-7-5-4-6-13(15)19(27)26(2)16-11-22-21(24-18(16)25)23-14-10-12(20(28)29)8-9-17(14)30-3/h4-11H,1-3H3,(H,28,29)(H,22,23,24). The second kappa shape index (κ2) is 7.36. The third-order valence-electron chi connectivity index (χ3n) is 4.92. The van der Waals surface area contributed by atoms with E-state index in [0.717, 1.165) is 5.69 Å². The summed E-state index contributed by atoms with van der Waals surface area (Å²) < 4.78 is 5.31. The van der Waals surface area contributed by atoms with Gasteiger partial charge in [-0.25, -0.2) is 9.78 Å². The number of nitrogens with zero attached hydrogens (tertiary/aromatic N) is 4. The van der Waals surface area contributed by atoms with Gasteiger partial charge >= 0.3 is 5.97 Å². The van der Waals surface area contributed by atoms with E-state index in [1.165, 1.54) is 24.1 Å². The number of aromatic carboxylic acids is 1. The van der Waals surface area contributed by atoms with Crippen LogP contribution in [0.15, 0.2) is 48.7 Å². The van der Waals surface area contributed by atoms with Gasteiger partial charge in [-0.3, -0.25) is 4.79 Å². The number of nitrogens with one attached hydrogen (secondary N) is 1. The zero-order chi connectivity index (χ0) is 21.4. The molecule has 4 rings (SSSR count). The number of benzene rings is 2. The minimum Gasteiger partial charge on any atom is -0.495 e. The van der Waals surface area contributed by atoms with Gasteiger partial charge in [-0.05, 0) is 30.3 Å². The van der Waals surface area contributed by atoms with Gasteiger partial charge in [0.1, 0.15) is 11.4 Å². The summed E-state index contributed by atoms with van der Waals surface area (Å²) in [4.78, 5) is 36.4. The monoisotopic (exact) mass is 405 g/mol. The molecule has 3 aromatic rings. The Balaban J connectivity index is 1.78. The van der Waals surface area contributed by atoms with Crippen molar-refractivity contribution in [1.82, 2.24) is 9.97 Å². The van der Waals surface area contributed by atoms with Gasteiger partial charge in [0.2, 0.25) is 5.95 Å². The van der Waals surface area contributed by atoms with Crippen molar-refractivity contribution in [2.45, 2.75) is 0 Å². The minimum atomic E-state index is -1.06. The first-order valence-corrected chi connectivity index (χ1v) is 9.07. The molecule has 0 atom stereocenters. The zero-order valence-electron chi connectivity index (χ0n) is 16.6. The summed E-state index contributed by atoms with van der Waals surface area (Å²) in [6, 6.07) is 11.8. The molecule has 2 heterocycles. The van der Waals surface area contributed by atoms with Crippen LogP contribution in [0.4, 0.5) is 28.8 Å². The Bertz CT molecular complexity index is 1160. The fraction of sp³-hybridized carbons (Fsp3) is 0.143. The lowest BCUT2D eigenvalue weighted by Gasteiger charge is -2.21. The second-order valence-electron chi connectivity index (χ2n) is 6.69. The van der Waals surface area contributed by atoms with E-state index in [1.807, 2.05) is 30.1 Å². The van der Waals surface area contributed by atoms with Crippen LogP contribution in [-0.4, -0.2) is 48.2 Å². The van der Waals surface area contributed by atoms with Crippen LogP contribution in [0, 0.1) is 0 Å². The first kappa shape index (κ1) is 19.2. The highest BCUT2D eigenvalue weighted by Gasteiger charge is 2.28. The number of fused-ring (bicyclic) bond motifs is 2. The van der Waals surface area contributed by atoms with Crippen LogP contribution >= 0.6 is 0 Å². The van der Waals surface area contributed by atoms with Crippen LogP contribution in [0.2, 0.25) is 0 Å². The van der Waals surface area contributed by atoms with Crippen molar-refractivity contribution < 1.29 is 19.4 Å². The molecular formula is C21H19N5O4. The molecule has 0 bridgehead atoms. The van der Waals surface area contributed by atoms with Crippen LogP contribution in [0.1, 0.15) is 20.7 Å². The van der Waals surface area contributed by atoms with Gasteiger partial charge in [0.25, 0.3) is 5.91 Å². The highest BCUT2D eigenvalue weighted by Crippen LogP contribution is 2.38. The molecular weight excluding hydrogens is 386 g/mol. The summed E-state index contributed by atoms with van der Waals surface area (Å²) in [5.74, 6) is 0.00392. The molecule has 30 heavy (non-hydrogen) atoms. The average molecular weight is 405 g/mol. The molecule has 9 nitrogen and oxygen atoms in total. The SMILES string of the molecule is COc1ccc(C(=O)O)cc1Nc1ncc2c(n1)N(C)c1ccccc1C(=O)N2C. The predicted molar refractivity (Wildman–Crippen MR) is 113 cm³/mol. The van der Waals surface area contributed by atoms with Crippen molar-refractivity contribution in [3.05, 3.63) is 59.8 Å². The van der Waals surface area contributed by atoms with Crippen LogP contribution in [0.25, 0.3) is 0 Å². The number of carboxylic acid groups (broad SMARTS) is 1. The number of ether oxygens (including phenoxy) is 1. The summed E-state index contributed by atoms with van der Waals surface area (Å²) in [6.45, 7) is 0. The smallest absolute Gasteiger partial charge is 0.335 e. The summed E-state index contributed by atoms with van der Waals surface area (Å²) >= 11 is 0. The van der Waals surface area contributed by atoms with E-state index in [2.05, 4.69) is 15.3 Å². The largest absolute Gasteiger partial charge is 0.495 e. The van der Waals surface area contributed by atoms with Crippen LogP contribution in [0.5, 0.6) is 5.75 Å². The van der Waals surface area contributed by atoms with E-state index in [9.17, 15) is 14.7 Å². The quantitative estimate of drug-likeness (QED) is 0.681. The third-order valence-corrected chi connectivity index (χ3v) is 4.92. The number of para-hydroxylation sites is 1. The first-order chi connectivity index (χ1) is 14.4. The highest BCUT2D eigenvalue weighted by atomic mass is 16.5. The Kier molecular flexibility index (Phi) is 4.71. The first-order valence-electron chi connectivity index (χ1n) is 9.07. The zero-order valence-corrected chi connectivity index (χ0v) is 16.6. The molecule has 1 aliphatic rings. The molecule has 152 valence electrons.